The van der Waals surface area contributed by atoms with Gasteiger partial charge >= 0.3 is 0 Å². The lowest BCUT2D eigenvalue weighted by Crippen LogP contribution is -2.24. The van der Waals surface area contributed by atoms with Crippen molar-refractivity contribution in [3.8, 4) is 11.5 Å². The van der Waals surface area contributed by atoms with Gasteiger partial charge in [0.1, 0.15) is 0 Å². The van der Waals surface area contributed by atoms with Crippen molar-refractivity contribution in [2.45, 2.75) is 19.3 Å². The van der Waals surface area contributed by atoms with Crippen LogP contribution in [-0.4, -0.2) is 22.6 Å². The molecule has 0 spiro atoms. The van der Waals surface area contributed by atoms with Crippen LogP contribution in [0, 0.1) is 6.92 Å². The van der Waals surface area contributed by atoms with Crippen LogP contribution in [0.1, 0.15) is 23.7 Å². The van der Waals surface area contributed by atoms with Gasteiger partial charge in [-0.3, -0.25) is 4.79 Å². The second kappa shape index (κ2) is 6.33. The van der Waals surface area contributed by atoms with E-state index in [9.17, 15) is 4.79 Å². The molecule has 3 aromatic rings. The molecule has 1 aromatic heterocycles. The SMILES string of the molecule is Cc1ccc(N2CC(c3noc(-c4ccccc4)n3)CC2=O)c(Cl)c1. The largest absolute Gasteiger partial charge is 0.334 e. The Balaban J connectivity index is 1.57. The molecule has 25 heavy (non-hydrogen) atoms. The Morgan fingerprint density at radius 3 is 2.76 bits per heavy atom. The molecule has 0 N–H and O–H groups in total. The standard InChI is InChI=1S/C19H16ClN3O2/c1-12-7-8-16(15(20)9-12)23-11-14(10-17(23)24)18-21-19(25-22-18)13-5-3-2-4-6-13/h2-9,14H,10-11H2,1H3. The fourth-order valence-electron chi connectivity index (χ4n) is 3.04. The third-order valence-electron chi connectivity index (χ3n) is 4.35. The molecular weight excluding hydrogens is 338 g/mol. The number of halogens is 1. The molecule has 1 unspecified atom stereocenters. The van der Waals surface area contributed by atoms with Crippen LogP contribution < -0.4 is 4.90 Å². The van der Waals surface area contributed by atoms with Gasteiger partial charge in [-0.15, -0.1) is 0 Å². The van der Waals surface area contributed by atoms with E-state index in [-0.39, 0.29) is 11.8 Å². The van der Waals surface area contributed by atoms with E-state index in [0.29, 0.717) is 29.7 Å². The van der Waals surface area contributed by atoms with Gasteiger partial charge in [-0.2, -0.15) is 4.98 Å². The highest BCUT2D eigenvalue weighted by molar-refractivity contribution is 6.34. The van der Waals surface area contributed by atoms with E-state index in [1.165, 1.54) is 0 Å². The number of carbonyl (C=O) groups excluding carboxylic acids is 1. The maximum Gasteiger partial charge on any atom is 0.257 e. The number of hydrogen-bond acceptors (Lipinski definition) is 4. The van der Waals surface area contributed by atoms with E-state index in [0.717, 1.165) is 16.8 Å². The summed E-state index contributed by atoms with van der Waals surface area (Å²) in [5, 5.41) is 4.65. The van der Waals surface area contributed by atoms with Crippen LogP contribution in [0.2, 0.25) is 5.02 Å². The zero-order chi connectivity index (χ0) is 17.4. The van der Waals surface area contributed by atoms with E-state index in [1.807, 2.05) is 55.5 Å². The van der Waals surface area contributed by atoms with Crippen molar-refractivity contribution in [1.82, 2.24) is 10.1 Å². The lowest BCUT2D eigenvalue weighted by molar-refractivity contribution is -0.117. The molecular formula is C19H16ClN3O2. The van der Waals surface area contributed by atoms with Gasteiger partial charge in [-0.05, 0) is 36.8 Å². The van der Waals surface area contributed by atoms with Crippen LogP contribution in [0.25, 0.3) is 11.5 Å². The molecule has 1 atom stereocenters. The minimum Gasteiger partial charge on any atom is -0.334 e. The molecule has 1 saturated heterocycles. The first-order valence-electron chi connectivity index (χ1n) is 8.07. The van der Waals surface area contributed by atoms with Crippen LogP contribution in [0.15, 0.2) is 53.1 Å². The predicted molar refractivity (Wildman–Crippen MR) is 95.6 cm³/mol. The Labute approximate surface area is 150 Å². The molecule has 2 heterocycles. The monoisotopic (exact) mass is 353 g/mol. The van der Waals surface area contributed by atoms with E-state index in [2.05, 4.69) is 10.1 Å². The van der Waals surface area contributed by atoms with Gasteiger partial charge in [-0.1, -0.05) is 41.0 Å². The van der Waals surface area contributed by atoms with Gasteiger partial charge in [0.25, 0.3) is 5.89 Å². The fraction of sp³-hybridized carbons (Fsp3) is 0.211. The summed E-state index contributed by atoms with van der Waals surface area (Å²) >= 11 is 6.31. The molecule has 4 rings (SSSR count). The van der Waals surface area contributed by atoms with Gasteiger partial charge in [0.05, 0.1) is 10.7 Å². The number of aromatic nitrogens is 2. The summed E-state index contributed by atoms with van der Waals surface area (Å²) in [5.41, 5.74) is 2.65. The first-order valence-corrected chi connectivity index (χ1v) is 8.45. The molecule has 2 aromatic carbocycles. The molecule has 1 aliphatic rings. The smallest absolute Gasteiger partial charge is 0.257 e. The summed E-state index contributed by atoms with van der Waals surface area (Å²) in [5.74, 6) is 0.931. The summed E-state index contributed by atoms with van der Waals surface area (Å²) in [6.07, 6.45) is 0.345. The van der Waals surface area contributed by atoms with Gasteiger partial charge in [0, 0.05) is 24.4 Å². The first kappa shape index (κ1) is 15.8. The molecule has 126 valence electrons. The molecule has 0 saturated carbocycles. The summed E-state index contributed by atoms with van der Waals surface area (Å²) in [4.78, 5) is 18.6. The molecule has 5 nitrogen and oxygen atoms in total. The van der Waals surface area contributed by atoms with Crippen molar-refractivity contribution < 1.29 is 9.32 Å². The Morgan fingerprint density at radius 2 is 2.00 bits per heavy atom. The zero-order valence-corrected chi connectivity index (χ0v) is 14.4. The first-order chi connectivity index (χ1) is 12.1. The average molecular weight is 354 g/mol. The second-order valence-corrected chi connectivity index (χ2v) is 6.59. The number of benzene rings is 2. The number of hydrogen-bond donors (Lipinski definition) is 0. The topological polar surface area (TPSA) is 59.2 Å². The van der Waals surface area contributed by atoms with Crippen molar-refractivity contribution in [2.75, 3.05) is 11.4 Å². The lowest BCUT2D eigenvalue weighted by atomic mass is 10.1. The number of amides is 1. The Bertz CT molecular complexity index is 923. The Kier molecular flexibility index (Phi) is 4.01. The Morgan fingerprint density at radius 1 is 1.20 bits per heavy atom. The van der Waals surface area contributed by atoms with Crippen LogP contribution in [-0.2, 0) is 4.79 Å². The number of anilines is 1. The number of nitrogens with zero attached hydrogens (tertiary/aromatic N) is 3. The maximum atomic E-state index is 12.5. The summed E-state index contributed by atoms with van der Waals surface area (Å²) in [6.45, 7) is 2.46. The summed E-state index contributed by atoms with van der Waals surface area (Å²) in [6, 6.07) is 15.3. The van der Waals surface area contributed by atoms with Gasteiger partial charge in [-0.25, -0.2) is 0 Å². The Hall–Kier alpha value is -2.66. The highest BCUT2D eigenvalue weighted by Gasteiger charge is 2.35. The van der Waals surface area contributed by atoms with Gasteiger partial charge < -0.3 is 9.42 Å². The van der Waals surface area contributed by atoms with Crippen LogP contribution in [0.3, 0.4) is 0 Å². The van der Waals surface area contributed by atoms with Crippen molar-refractivity contribution >= 4 is 23.2 Å². The van der Waals surface area contributed by atoms with Crippen molar-refractivity contribution in [3.63, 3.8) is 0 Å². The minimum absolute atomic E-state index is 0.0156. The predicted octanol–water partition coefficient (Wildman–Crippen LogP) is 4.22. The van der Waals surface area contributed by atoms with Gasteiger partial charge in [0.15, 0.2) is 5.82 Å². The van der Waals surface area contributed by atoms with Crippen molar-refractivity contribution in [3.05, 3.63) is 64.9 Å². The second-order valence-electron chi connectivity index (χ2n) is 6.18. The molecule has 6 heteroatoms. The average Bonchev–Trinajstić information content (AvgIpc) is 3.23. The molecule has 0 radical (unpaired) electrons. The lowest BCUT2D eigenvalue weighted by Gasteiger charge is -2.18. The van der Waals surface area contributed by atoms with E-state index < -0.39 is 0 Å². The molecule has 0 aliphatic carbocycles. The molecule has 0 bridgehead atoms. The number of rotatable bonds is 3. The van der Waals surface area contributed by atoms with Gasteiger partial charge in [0.2, 0.25) is 5.91 Å². The normalized spacial score (nSPS) is 17.3. The zero-order valence-electron chi connectivity index (χ0n) is 13.6. The van der Waals surface area contributed by atoms with Crippen molar-refractivity contribution in [2.24, 2.45) is 0 Å². The molecule has 1 fully saturated rings. The quantitative estimate of drug-likeness (QED) is 0.707. The number of aryl methyl sites for hydroxylation is 1. The van der Waals surface area contributed by atoms with E-state index >= 15 is 0 Å². The van der Waals surface area contributed by atoms with E-state index in [4.69, 9.17) is 16.1 Å². The highest BCUT2D eigenvalue weighted by Crippen LogP contribution is 2.35. The van der Waals surface area contributed by atoms with Crippen LogP contribution in [0.4, 0.5) is 5.69 Å². The summed E-state index contributed by atoms with van der Waals surface area (Å²) in [7, 11) is 0. The fourth-order valence-corrected chi connectivity index (χ4v) is 3.38. The molecule has 1 amide bonds. The molecule has 1 aliphatic heterocycles. The van der Waals surface area contributed by atoms with Crippen molar-refractivity contribution in [1.29, 1.82) is 0 Å². The highest BCUT2D eigenvalue weighted by atomic mass is 35.5. The minimum atomic E-state index is -0.105. The third kappa shape index (κ3) is 3.03. The maximum absolute atomic E-state index is 12.5. The van der Waals surface area contributed by atoms with E-state index in [1.54, 1.807) is 4.90 Å². The summed E-state index contributed by atoms with van der Waals surface area (Å²) < 4.78 is 5.36. The van der Waals surface area contributed by atoms with Crippen LogP contribution >= 0.6 is 11.6 Å². The number of carbonyl (C=O) groups is 1. The van der Waals surface area contributed by atoms with Crippen LogP contribution in [0.5, 0.6) is 0 Å². The third-order valence-corrected chi connectivity index (χ3v) is 4.65.